The molecule has 1 aromatic carbocycles. The highest BCUT2D eigenvalue weighted by Crippen LogP contribution is 2.36. The number of aromatic nitrogens is 6. The molecule has 0 unspecified atom stereocenters. The van der Waals surface area contributed by atoms with Crippen molar-refractivity contribution in [3.63, 3.8) is 0 Å². The SMILES string of the molecule is COc1nc(N[C@@H]2CCN(C3COC3)C[C@H]2F)nn2cc(F)c(-c3ccc4nnn(C(CF)CF)c4c3)c12. The number of halogens is 4. The molecule has 38 heavy (non-hydrogen) atoms. The van der Waals surface area contributed by atoms with Crippen LogP contribution in [0.3, 0.4) is 0 Å². The molecule has 4 aromatic rings. The molecule has 5 heterocycles. The topological polar surface area (TPSA) is 94.6 Å². The molecule has 0 radical (unpaired) electrons. The van der Waals surface area contributed by atoms with E-state index in [-0.39, 0.29) is 35.5 Å². The van der Waals surface area contributed by atoms with Crippen molar-refractivity contribution < 1.29 is 27.0 Å². The quantitative estimate of drug-likeness (QED) is 0.345. The average molecular weight is 535 g/mol. The van der Waals surface area contributed by atoms with E-state index in [9.17, 15) is 13.2 Å². The number of fused-ring (bicyclic) bond motifs is 2. The van der Waals surface area contributed by atoms with Crippen LogP contribution >= 0.6 is 0 Å². The van der Waals surface area contributed by atoms with Gasteiger partial charge in [-0.25, -0.2) is 26.8 Å². The number of anilines is 1. The number of methoxy groups -OCH3 is 1. The highest BCUT2D eigenvalue weighted by atomic mass is 19.1. The predicted molar refractivity (Wildman–Crippen MR) is 130 cm³/mol. The molecule has 14 heteroatoms. The maximum atomic E-state index is 15.3. The van der Waals surface area contributed by atoms with Gasteiger partial charge in [-0.2, -0.15) is 4.98 Å². The van der Waals surface area contributed by atoms with Gasteiger partial charge < -0.3 is 14.8 Å². The van der Waals surface area contributed by atoms with Crippen molar-refractivity contribution in [1.29, 1.82) is 0 Å². The van der Waals surface area contributed by atoms with Crippen molar-refractivity contribution in [1.82, 2.24) is 34.5 Å². The van der Waals surface area contributed by atoms with Gasteiger partial charge in [-0.05, 0) is 24.1 Å². The molecule has 2 atom stereocenters. The van der Waals surface area contributed by atoms with Crippen molar-refractivity contribution in [2.45, 2.75) is 30.7 Å². The first-order chi connectivity index (χ1) is 18.5. The summed E-state index contributed by atoms with van der Waals surface area (Å²) >= 11 is 0. The summed E-state index contributed by atoms with van der Waals surface area (Å²) in [5.41, 5.74) is 1.55. The van der Waals surface area contributed by atoms with Crippen molar-refractivity contribution in [3.8, 4) is 17.0 Å². The van der Waals surface area contributed by atoms with Crippen LogP contribution in [0.25, 0.3) is 27.7 Å². The van der Waals surface area contributed by atoms with Gasteiger partial charge in [0, 0.05) is 13.1 Å². The van der Waals surface area contributed by atoms with Gasteiger partial charge in [0.25, 0.3) is 0 Å². The molecule has 2 fully saturated rings. The summed E-state index contributed by atoms with van der Waals surface area (Å²) in [5, 5.41) is 15.2. The van der Waals surface area contributed by atoms with Gasteiger partial charge in [0.15, 0.2) is 5.82 Å². The Morgan fingerprint density at radius 2 is 2.05 bits per heavy atom. The zero-order valence-electron chi connectivity index (χ0n) is 20.5. The standard InChI is InChI=1S/C24H26F4N8O2/c1-37-23-22-21(13-2-3-19-20(6-13)36(33-31-19)14(7-25)8-26)17(28)10-35(22)32-24(30-23)29-18-4-5-34(9-16(18)27)15-11-38-12-15/h2-3,6,10,14-16,18H,4-5,7-9,11-12H2,1H3,(H,29,32)/t16-,18-/m1/s1. The summed E-state index contributed by atoms with van der Waals surface area (Å²) < 4.78 is 70.1. The summed E-state index contributed by atoms with van der Waals surface area (Å²) in [6.45, 7) is 0.324. The second-order valence-corrected chi connectivity index (χ2v) is 9.53. The van der Waals surface area contributed by atoms with Gasteiger partial charge in [0.2, 0.25) is 11.8 Å². The number of rotatable bonds is 8. The second-order valence-electron chi connectivity index (χ2n) is 9.53. The Kier molecular flexibility index (Phi) is 6.51. The highest BCUT2D eigenvalue weighted by Gasteiger charge is 2.36. The normalized spacial score (nSPS) is 20.9. The van der Waals surface area contributed by atoms with Gasteiger partial charge in [-0.15, -0.1) is 10.2 Å². The number of hydrogen-bond donors (Lipinski definition) is 1. The lowest BCUT2D eigenvalue weighted by atomic mass is 10.0. The van der Waals surface area contributed by atoms with Crippen molar-refractivity contribution in [2.75, 3.05) is 52.1 Å². The zero-order chi connectivity index (χ0) is 26.4. The Labute approximate surface area is 214 Å². The maximum Gasteiger partial charge on any atom is 0.244 e. The number of likely N-dealkylation sites (tertiary alicyclic amines) is 1. The van der Waals surface area contributed by atoms with Gasteiger partial charge >= 0.3 is 0 Å². The fraction of sp³-hybridized carbons (Fsp3) is 0.500. The third kappa shape index (κ3) is 4.21. The number of ether oxygens (including phenoxy) is 2. The van der Waals surface area contributed by atoms with Crippen molar-refractivity contribution in [2.24, 2.45) is 0 Å². The molecule has 202 valence electrons. The Hall–Kier alpha value is -3.52. The molecule has 0 spiro atoms. The molecule has 6 rings (SSSR count). The monoisotopic (exact) mass is 534 g/mol. The van der Waals surface area contributed by atoms with Crippen LogP contribution in [0.5, 0.6) is 5.88 Å². The Morgan fingerprint density at radius 1 is 1.24 bits per heavy atom. The molecular weight excluding hydrogens is 508 g/mol. The Morgan fingerprint density at radius 3 is 2.74 bits per heavy atom. The number of piperidine rings is 1. The zero-order valence-corrected chi connectivity index (χ0v) is 20.5. The summed E-state index contributed by atoms with van der Waals surface area (Å²) in [6.07, 6.45) is 0.583. The number of hydrogen-bond acceptors (Lipinski definition) is 8. The summed E-state index contributed by atoms with van der Waals surface area (Å²) in [5.74, 6) is -0.423. The lowest BCUT2D eigenvalue weighted by Gasteiger charge is -2.42. The van der Waals surface area contributed by atoms with Crippen LogP contribution in [0.1, 0.15) is 12.5 Å². The van der Waals surface area contributed by atoms with Gasteiger partial charge in [0.05, 0.1) is 49.7 Å². The predicted octanol–water partition coefficient (Wildman–Crippen LogP) is 2.99. The van der Waals surface area contributed by atoms with E-state index in [1.807, 2.05) is 0 Å². The van der Waals surface area contributed by atoms with Crippen LogP contribution in [-0.2, 0) is 4.74 Å². The molecule has 0 amide bonds. The van der Waals surface area contributed by atoms with Gasteiger partial charge in [-0.3, -0.25) is 4.90 Å². The fourth-order valence-corrected chi connectivity index (χ4v) is 5.06. The number of alkyl halides is 3. The number of benzene rings is 1. The molecule has 10 nitrogen and oxygen atoms in total. The smallest absolute Gasteiger partial charge is 0.244 e. The Bertz CT molecular complexity index is 1450. The molecule has 0 bridgehead atoms. The molecular formula is C24H26F4N8O2. The minimum atomic E-state index is -1.14. The molecule has 2 aliphatic heterocycles. The van der Waals surface area contributed by atoms with E-state index < -0.39 is 37.4 Å². The molecule has 2 aliphatic rings. The van der Waals surface area contributed by atoms with E-state index in [1.165, 1.54) is 17.8 Å². The van der Waals surface area contributed by atoms with Gasteiger partial charge in [-0.1, -0.05) is 11.3 Å². The fourth-order valence-electron chi connectivity index (χ4n) is 5.06. The van der Waals surface area contributed by atoms with Crippen LogP contribution in [-0.4, -0.2) is 99.5 Å². The Balaban J connectivity index is 1.33. The van der Waals surface area contributed by atoms with E-state index >= 15 is 4.39 Å². The first kappa shape index (κ1) is 24.8. The maximum absolute atomic E-state index is 15.3. The molecule has 1 N–H and O–H groups in total. The van der Waals surface area contributed by atoms with Gasteiger partial charge in [0.1, 0.15) is 36.6 Å². The van der Waals surface area contributed by atoms with Crippen LogP contribution in [0.15, 0.2) is 24.4 Å². The number of nitrogens with one attached hydrogen (secondary N) is 1. The van der Waals surface area contributed by atoms with Crippen molar-refractivity contribution in [3.05, 3.63) is 30.2 Å². The summed E-state index contributed by atoms with van der Waals surface area (Å²) in [6, 6.07) is 3.40. The van der Waals surface area contributed by atoms with E-state index in [2.05, 4.69) is 30.6 Å². The third-order valence-electron chi connectivity index (χ3n) is 7.23. The van der Waals surface area contributed by atoms with Crippen LogP contribution in [0, 0.1) is 5.82 Å². The minimum absolute atomic E-state index is 0.0815. The van der Waals surface area contributed by atoms with E-state index in [4.69, 9.17) is 9.47 Å². The van der Waals surface area contributed by atoms with E-state index in [0.717, 1.165) is 4.68 Å². The van der Waals surface area contributed by atoms with Crippen molar-refractivity contribution >= 4 is 22.5 Å². The lowest BCUT2D eigenvalue weighted by Crippen LogP contribution is -2.57. The summed E-state index contributed by atoms with van der Waals surface area (Å²) in [4.78, 5) is 6.48. The molecule has 2 saturated heterocycles. The largest absolute Gasteiger partial charge is 0.479 e. The van der Waals surface area contributed by atoms with Crippen LogP contribution in [0.2, 0.25) is 0 Å². The summed E-state index contributed by atoms with van der Waals surface area (Å²) in [7, 11) is 1.40. The average Bonchev–Trinajstić information content (AvgIpc) is 3.45. The highest BCUT2D eigenvalue weighted by molar-refractivity contribution is 5.89. The first-order valence-corrected chi connectivity index (χ1v) is 12.3. The molecule has 3 aromatic heterocycles. The first-order valence-electron chi connectivity index (χ1n) is 12.3. The van der Waals surface area contributed by atoms with Crippen LogP contribution < -0.4 is 10.1 Å². The minimum Gasteiger partial charge on any atom is -0.479 e. The molecule has 0 aliphatic carbocycles. The lowest BCUT2D eigenvalue weighted by molar-refractivity contribution is -0.0794. The number of nitrogens with zero attached hydrogens (tertiary/aromatic N) is 7. The molecule has 0 saturated carbocycles. The second kappa shape index (κ2) is 9.98. The van der Waals surface area contributed by atoms with E-state index in [0.29, 0.717) is 42.8 Å². The van der Waals surface area contributed by atoms with E-state index in [1.54, 1.807) is 18.2 Å². The van der Waals surface area contributed by atoms with Crippen LogP contribution in [0.4, 0.5) is 23.5 Å². The third-order valence-corrected chi connectivity index (χ3v) is 7.23.